The zero-order valence-electron chi connectivity index (χ0n) is 11.3. The van der Waals surface area contributed by atoms with E-state index in [4.69, 9.17) is 10.4 Å². The van der Waals surface area contributed by atoms with Crippen molar-refractivity contribution in [1.82, 2.24) is 5.32 Å². The summed E-state index contributed by atoms with van der Waals surface area (Å²) in [5.41, 5.74) is 1.59. The number of carboxylic acids is 1. The zero-order chi connectivity index (χ0) is 15.8. The summed E-state index contributed by atoms with van der Waals surface area (Å²) in [5, 5.41) is 22.7. The lowest BCUT2D eigenvalue weighted by molar-refractivity contribution is -0.136. The van der Waals surface area contributed by atoms with Crippen molar-refractivity contribution in [2.45, 2.75) is 13.3 Å². The molecule has 1 aromatic rings. The molecule has 0 saturated heterocycles. The van der Waals surface area contributed by atoms with Gasteiger partial charge in [0.1, 0.15) is 11.6 Å². The van der Waals surface area contributed by atoms with Crippen molar-refractivity contribution < 1.29 is 14.7 Å². The van der Waals surface area contributed by atoms with E-state index in [0.29, 0.717) is 0 Å². The van der Waals surface area contributed by atoms with Crippen LogP contribution in [0.2, 0.25) is 0 Å². The molecule has 1 rings (SSSR count). The maximum absolute atomic E-state index is 11.7. The lowest BCUT2D eigenvalue weighted by Gasteiger charge is -2.07. The molecule has 0 aliphatic rings. The topological polar surface area (TPSA) is 102 Å². The van der Waals surface area contributed by atoms with Gasteiger partial charge in [-0.1, -0.05) is 15.9 Å². The highest BCUT2D eigenvalue weighted by Crippen LogP contribution is 2.20. The summed E-state index contributed by atoms with van der Waals surface area (Å²) < 4.78 is 0.932. The molecule has 0 spiro atoms. The maximum atomic E-state index is 11.7. The van der Waals surface area contributed by atoms with Gasteiger partial charge in [-0.15, -0.1) is 0 Å². The van der Waals surface area contributed by atoms with Gasteiger partial charge in [0, 0.05) is 22.9 Å². The summed E-state index contributed by atoms with van der Waals surface area (Å²) >= 11 is 3.35. The second-order valence-electron chi connectivity index (χ2n) is 4.17. The number of aliphatic carboxylic acids is 1. The molecule has 0 aliphatic heterocycles. The molecule has 0 saturated carbocycles. The predicted molar refractivity (Wildman–Crippen MR) is 81.5 cm³/mol. The first-order valence-electron chi connectivity index (χ1n) is 6.07. The molecular formula is C14H14BrN3O3. The van der Waals surface area contributed by atoms with E-state index in [9.17, 15) is 9.59 Å². The Morgan fingerprint density at radius 3 is 2.76 bits per heavy atom. The van der Waals surface area contributed by atoms with Gasteiger partial charge in [-0.05, 0) is 30.7 Å². The third kappa shape index (κ3) is 5.67. The summed E-state index contributed by atoms with van der Waals surface area (Å²) in [5.74, 6) is -1.62. The van der Waals surface area contributed by atoms with Crippen molar-refractivity contribution in [3.8, 4) is 6.07 Å². The van der Waals surface area contributed by atoms with E-state index in [-0.39, 0.29) is 18.5 Å². The number of rotatable bonds is 6. The molecule has 0 heterocycles. The Morgan fingerprint density at radius 2 is 2.19 bits per heavy atom. The molecule has 0 bridgehead atoms. The van der Waals surface area contributed by atoms with Gasteiger partial charge in [-0.2, -0.15) is 5.26 Å². The fraction of sp³-hybridized carbons (Fsp3) is 0.214. The summed E-state index contributed by atoms with van der Waals surface area (Å²) in [6, 6.07) is 7.32. The van der Waals surface area contributed by atoms with Crippen LogP contribution >= 0.6 is 15.9 Å². The Balaban J connectivity index is 2.69. The van der Waals surface area contributed by atoms with Crippen molar-refractivity contribution in [2.24, 2.45) is 0 Å². The van der Waals surface area contributed by atoms with Gasteiger partial charge in [0.05, 0.1) is 6.42 Å². The number of nitrogens with one attached hydrogen (secondary N) is 2. The van der Waals surface area contributed by atoms with E-state index in [1.807, 2.05) is 25.1 Å². The fourth-order valence-electron chi connectivity index (χ4n) is 1.47. The molecule has 1 amide bonds. The number of benzene rings is 1. The smallest absolute Gasteiger partial charge is 0.305 e. The highest BCUT2D eigenvalue weighted by atomic mass is 79.9. The third-order valence-electron chi connectivity index (χ3n) is 2.55. The van der Waals surface area contributed by atoms with Crippen molar-refractivity contribution in [2.75, 3.05) is 11.9 Å². The van der Waals surface area contributed by atoms with Gasteiger partial charge in [-0.3, -0.25) is 9.59 Å². The molecular weight excluding hydrogens is 338 g/mol. The third-order valence-corrected chi connectivity index (χ3v) is 3.04. The van der Waals surface area contributed by atoms with E-state index >= 15 is 0 Å². The predicted octanol–water partition coefficient (Wildman–Crippen LogP) is 2.17. The molecule has 0 atom stereocenters. The minimum atomic E-state index is -1.01. The standard InChI is InChI=1S/C14H14BrN3O3/c1-9-6-11(15)2-3-12(9)18-8-10(7-16)14(21)17-5-4-13(19)20/h2-3,6,8,18H,4-5H2,1H3,(H,17,21)(H,19,20)/b10-8-. The zero-order valence-corrected chi connectivity index (χ0v) is 12.9. The van der Waals surface area contributed by atoms with E-state index in [1.54, 1.807) is 6.07 Å². The van der Waals surface area contributed by atoms with Crippen molar-refractivity contribution >= 4 is 33.5 Å². The number of aryl methyl sites for hydroxylation is 1. The number of hydrogen-bond acceptors (Lipinski definition) is 4. The molecule has 0 unspecified atom stereocenters. The average molecular weight is 352 g/mol. The van der Waals surface area contributed by atoms with Crippen LogP contribution in [0.5, 0.6) is 0 Å². The fourth-order valence-corrected chi connectivity index (χ4v) is 1.94. The van der Waals surface area contributed by atoms with Crippen molar-refractivity contribution in [3.63, 3.8) is 0 Å². The molecule has 1 aromatic carbocycles. The van der Waals surface area contributed by atoms with Gasteiger partial charge in [-0.25, -0.2) is 0 Å². The van der Waals surface area contributed by atoms with E-state index in [1.165, 1.54) is 6.20 Å². The van der Waals surface area contributed by atoms with Gasteiger partial charge in [0.15, 0.2) is 0 Å². The number of nitriles is 1. The van der Waals surface area contributed by atoms with E-state index in [2.05, 4.69) is 26.6 Å². The van der Waals surface area contributed by atoms with Gasteiger partial charge < -0.3 is 15.7 Å². The number of halogens is 1. The summed E-state index contributed by atoms with van der Waals surface area (Å²) in [7, 11) is 0. The molecule has 0 aromatic heterocycles. The van der Waals surface area contributed by atoms with Crippen LogP contribution in [0.1, 0.15) is 12.0 Å². The van der Waals surface area contributed by atoms with Crippen LogP contribution in [0.4, 0.5) is 5.69 Å². The number of anilines is 1. The van der Waals surface area contributed by atoms with Crippen LogP contribution in [0, 0.1) is 18.3 Å². The minimum Gasteiger partial charge on any atom is -0.481 e. The molecule has 21 heavy (non-hydrogen) atoms. The van der Waals surface area contributed by atoms with Crippen LogP contribution < -0.4 is 10.6 Å². The normalized spacial score (nSPS) is 10.6. The van der Waals surface area contributed by atoms with Crippen LogP contribution in [0.15, 0.2) is 34.4 Å². The molecule has 0 aliphatic carbocycles. The first kappa shape index (κ1) is 16.7. The van der Waals surface area contributed by atoms with Gasteiger partial charge >= 0.3 is 5.97 Å². The molecule has 7 heteroatoms. The van der Waals surface area contributed by atoms with Crippen LogP contribution in [-0.4, -0.2) is 23.5 Å². The lowest BCUT2D eigenvalue weighted by Crippen LogP contribution is -2.27. The first-order valence-corrected chi connectivity index (χ1v) is 6.86. The quantitative estimate of drug-likeness (QED) is 0.538. The summed E-state index contributed by atoms with van der Waals surface area (Å²) in [6.07, 6.45) is 1.11. The minimum absolute atomic E-state index is 0.0233. The number of carbonyl (C=O) groups is 2. The molecule has 0 radical (unpaired) electrons. The number of hydrogen-bond donors (Lipinski definition) is 3. The Bertz CT molecular complexity index is 620. The molecule has 6 nitrogen and oxygen atoms in total. The van der Waals surface area contributed by atoms with Gasteiger partial charge in [0.2, 0.25) is 0 Å². The van der Waals surface area contributed by atoms with Crippen LogP contribution in [0.25, 0.3) is 0 Å². The number of amides is 1. The van der Waals surface area contributed by atoms with Crippen LogP contribution in [0.3, 0.4) is 0 Å². The van der Waals surface area contributed by atoms with E-state index < -0.39 is 11.9 Å². The Hall–Kier alpha value is -2.33. The number of carboxylic acid groups (broad SMARTS) is 1. The second-order valence-corrected chi connectivity index (χ2v) is 5.09. The Morgan fingerprint density at radius 1 is 1.48 bits per heavy atom. The SMILES string of the molecule is Cc1cc(Br)ccc1N/C=C(/C#N)C(=O)NCCC(=O)O. The molecule has 110 valence electrons. The monoisotopic (exact) mass is 351 g/mol. The molecule has 0 fully saturated rings. The second kappa shape index (κ2) is 8.07. The van der Waals surface area contributed by atoms with Crippen molar-refractivity contribution in [1.29, 1.82) is 5.26 Å². The number of carbonyl (C=O) groups excluding carboxylic acids is 1. The highest BCUT2D eigenvalue weighted by molar-refractivity contribution is 9.10. The first-order chi connectivity index (χ1) is 9.93. The Labute approximate surface area is 130 Å². The average Bonchev–Trinajstić information content (AvgIpc) is 2.41. The summed E-state index contributed by atoms with van der Waals surface area (Å²) in [4.78, 5) is 22.0. The van der Waals surface area contributed by atoms with E-state index in [0.717, 1.165) is 15.7 Å². The number of nitrogens with zero attached hydrogens (tertiary/aromatic N) is 1. The summed E-state index contributed by atoms with van der Waals surface area (Å²) in [6.45, 7) is 1.87. The maximum Gasteiger partial charge on any atom is 0.305 e. The van der Waals surface area contributed by atoms with Gasteiger partial charge in [0.25, 0.3) is 5.91 Å². The lowest BCUT2D eigenvalue weighted by atomic mass is 10.2. The molecule has 3 N–H and O–H groups in total. The highest BCUT2D eigenvalue weighted by Gasteiger charge is 2.09. The van der Waals surface area contributed by atoms with Crippen molar-refractivity contribution in [3.05, 3.63) is 40.0 Å². The van der Waals surface area contributed by atoms with Crippen LogP contribution in [-0.2, 0) is 9.59 Å². The largest absolute Gasteiger partial charge is 0.481 e. The Kier molecular flexibility index (Phi) is 6.43.